The summed E-state index contributed by atoms with van der Waals surface area (Å²) in [6.07, 6.45) is 0. The van der Waals surface area contributed by atoms with Gasteiger partial charge in [0, 0.05) is 12.1 Å². The molecule has 0 spiro atoms. The van der Waals surface area contributed by atoms with Gasteiger partial charge in [0.2, 0.25) is 10.0 Å². The molecule has 0 fully saturated rings. The number of hydrogen-bond acceptors (Lipinski definition) is 6. The Hall–Kier alpha value is -2.00. The molecule has 2 N–H and O–H groups in total. The number of sulfonamides is 1. The lowest BCUT2D eigenvalue weighted by atomic mass is 10.2. The zero-order valence-electron chi connectivity index (χ0n) is 10.9. The van der Waals surface area contributed by atoms with Crippen LogP contribution in [0.1, 0.15) is 24.2 Å². The van der Waals surface area contributed by atoms with Crippen LogP contribution < -0.4 is 5.14 Å². The van der Waals surface area contributed by atoms with Crippen molar-refractivity contribution in [3.05, 3.63) is 33.9 Å². The summed E-state index contributed by atoms with van der Waals surface area (Å²) in [4.78, 5) is 21.1. The third-order valence-corrected chi connectivity index (χ3v) is 3.11. The number of nitro groups is 1. The molecule has 0 bridgehead atoms. The van der Waals surface area contributed by atoms with E-state index in [9.17, 15) is 23.3 Å². The van der Waals surface area contributed by atoms with Gasteiger partial charge in [-0.25, -0.2) is 18.4 Å². The molecule has 0 aliphatic heterocycles. The summed E-state index contributed by atoms with van der Waals surface area (Å²) < 4.78 is 27.4. The van der Waals surface area contributed by atoms with E-state index in [0.29, 0.717) is 0 Å². The maximum atomic E-state index is 11.7. The van der Waals surface area contributed by atoms with Crippen LogP contribution in [-0.2, 0) is 14.8 Å². The molecule has 0 atom stereocenters. The van der Waals surface area contributed by atoms with Crippen molar-refractivity contribution >= 4 is 21.7 Å². The van der Waals surface area contributed by atoms with E-state index in [4.69, 9.17) is 9.88 Å². The van der Waals surface area contributed by atoms with Crippen LogP contribution >= 0.6 is 0 Å². The summed E-state index contributed by atoms with van der Waals surface area (Å²) in [5.41, 5.74) is -0.781. The van der Waals surface area contributed by atoms with Crippen LogP contribution in [-0.4, -0.2) is 25.9 Å². The molecule has 0 amide bonds. The summed E-state index contributed by atoms with van der Waals surface area (Å²) in [6, 6.07) is 2.68. The zero-order valence-corrected chi connectivity index (χ0v) is 11.7. The van der Waals surface area contributed by atoms with Crippen LogP contribution in [0, 0.1) is 16.0 Å². The lowest BCUT2D eigenvalue weighted by molar-refractivity contribution is -0.385. The maximum absolute atomic E-state index is 11.7. The highest BCUT2D eigenvalue weighted by molar-refractivity contribution is 7.89. The van der Waals surface area contributed by atoms with Crippen molar-refractivity contribution in [1.82, 2.24) is 0 Å². The first kappa shape index (κ1) is 16.1. The Morgan fingerprint density at radius 1 is 1.40 bits per heavy atom. The summed E-state index contributed by atoms with van der Waals surface area (Å²) in [5, 5.41) is 15.7. The maximum Gasteiger partial charge on any atom is 0.338 e. The average Bonchev–Trinajstić information content (AvgIpc) is 2.34. The molecule has 0 unspecified atom stereocenters. The Labute approximate surface area is 115 Å². The second kappa shape index (κ2) is 5.97. The van der Waals surface area contributed by atoms with Gasteiger partial charge < -0.3 is 4.74 Å². The highest BCUT2D eigenvalue weighted by atomic mass is 32.2. The van der Waals surface area contributed by atoms with Gasteiger partial charge in [0.15, 0.2) is 0 Å². The highest BCUT2D eigenvalue weighted by Gasteiger charge is 2.20. The minimum absolute atomic E-state index is 0.0790. The van der Waals surface area contributed by atoms with Gasteiger partial charge in [-0.3, -0.25) is 10.1 Å². The van der Waals surface area contributed by atoms with Gasteiger partial charge in [-0.15, -0.1) is 0 Å². The predicted octanol–water partition coefficient (Wildman–Crippen LogP) is 1.06. The normalized spacial score (nSPS) is 11.4. The lowest BCUT2D eigenvalue weighted by Gasteiger charge is -2.08. The van der Waals surface area contributed by atoms with Gasteiger partial charge in [-0.1, -0.05) is 13.8 Å². The number of rotatable bonds is 5. The number of nitrogens with two attached hydrogens (primary N) is 1. The van der Waals surface area contributed by atoms with Crippen molar-refractivity contribution in [1.29, 1.82) is 0 Å². The Kier molecular flexibility index (Phi) is 4.79. The molecule has 0 radical (unpaired) electrons. The Bertz CT molecular complexity index is 638. The number of non-ortho nitro benzene ring substituents is 1. The molecular weight excluding hydrogens is 288 g/mol. The summed E-state index contributed by atoms with van der Waals surface area (Å²) in [7, 11) is -4.16. The Morgan fingerprint density at radius 3 is 2.45 bits per heavy atom. The predicted molar refractivity (Wildman–Crippen MR) is 69.6 cm³/mol. The molecule has 110 valence electrons. The van der Waals surface area contributed by atoms with Crippen LogP contribution in [0.15, 0.2) is 23.1 Å². The molecule has 0 aliphatic carbocycles. The Balaban J connectivity index is 3.22. The quantitative estimate of drug-likeness (QED) is 0.491. The minimum atomic E-state index is -4.16. The number of esters is 1. The molecule has 0 aliphatic rings. The van der Waals surface area contributed by atoms with Crippen molar-refractivity contribution < 1.29 is 22.9 Å². The monoisotopic (exact) mass is 302 g/mol. The van der Waals surface area contributed by atoms with E-state index in [1.807, 2.05) is 13.8 Å². The third kappa shape index (κ3) is 4.28. The standard InChI is InChI=1S/C11H14N2O6S/c1-7(2)6-19-11(14)8-3-9(13(15)16)5-10(4-8)20(12,17)18/h3-5,7H,6H2,1-2H3,(H2,12,17,18). The van der Waals surface area contributed by atoms with Crippen molar-refractivity contribution in [2.45, 2.75) is 18.7 Å². The van der Waals surface area contributed by atoms with Gasteiger partial charge in [-0.05, 0) is 12.0 Å². The fraction of sp³-hybridized carbons (Fsp3) is 0.364. The van der Waals surface area contributed by atoms with Gasteiger partial charge in [0.05, 0.1) is 22.0 Å². The van der Waals surface area contributed by atoms with Crippen LogP contribution in [0.3, 0.4) is 0 Å². The third-order valence-electron chi connectivity index (χ3n) is 2.21. The van der Waals surface area contributed by atoms with E-state index in [2.05, 4.69) is 0 Å². The molecule has 0 saturated carbocycles. The molecular formula is C11H14N2O6S. The van der Waals surface area contributed by atoms with Gasteiger partial charge in [-0.2, -0.15) is 0 Å². The molecule has 1 rings (SSSR count). The summed E-state index contributed by atoms with van der Waals surface area (Å²) in [6.45, 7) is 3.75. The smallest absolute Gasteiger partial charge is 0.338 e. The number of benzene rings is 1. The van der Waals surface area contributed by atoms with E-state index in [-0.39, 0.29) is 18.1 Å². The minimum Gasteiger partial charge on any atom is -0.462 e. The van der Waals surface area contributed by atoms with E-state index in [0.717, 1.165) is 18.2 Å². The van der Waals surface area contributed by atoms with Crippen molar-refractivity contribution in [2.75, 3.05) is 6.61 Å². The molecule has 1 aromatic rings. The largest absolute Gasteiger partial charge is 0.462 e. The van der Waals surface area contributed by atoms with Gasteiger partial charge in [0.25, 0.3) is 5.69 Å². The average molecular weight is 302 g/mol. The van der Waals surface area contributed by atoms with Crippen LogP contribution in [0.25, 0.3) is 0 Å². The summed E-state index contributed by atoms with van der Waals surface area (Å²) in [5.74, 6) is -0.761. The summed E-state index contributed by atoms with van der Waals surface area (Å²) >= 11 is 0. The zero-order chi connectivity index (χ0) is 15.5. The number of ether oxygens (including phenoxy) is 1. The molecule has 1 aromatic carbocycles. The van der Waals surface area contributed by atoms with Crippen molar-refractivity contribution in [2.24, 2.45) is 11.1 Å². The molecule has 0 saturated heterocycles. The number of carbonyl (C=O) groups is 1. The van der Waals surface area contributed by atoms with Gasteiger partial charge >= 0.3 is 5.97 Å². The molecule has 20 heavy (non-hydrogen) atoms. The van der Waals surface area contributed by atoms with Crippen LogP contribution in [0.2, 0.25) is 0 Å². The lowest BCUT2D eigenvalue weighted by Crippen LogP contribution is -2.15. The van der Waals surface area contributed by atoms with Crippen LogP contribution in [0.4, 0.5) is 5.69 Å². The first-order chi connectivity index (χ1) is 9.11. The second-order valence-corrected chi connectivity index (χ2v) is 6.07. The van der Waals surface area contributed by atoms with E-state index in [1.54, 1.807) is 0 Å². The van der Waals surface area contributed by atoms with E-state index in [1.165, 1.54) is 0 Å². The van der Waals surface area contributed by atoms with Crippen LogP contribution in [0.5, 0.6) is 0 Å². The number of nitro benzene ring substituents is 1. The number of primary sulfonamides is 1. The molecule has 0 aromatic heterocycles. The van der Waals surface area contributed by atoms with Crippen molar-refractivity contribution in [3.8, 4) is 0 Å². The van der Waals surface area contributed by atoms with E-state index < -0.39 is 31.5 Å². The van der Waals surface area contributed by atoms with E-state index >= 15 is 0 Å². The molecule has 8 nitrogen and oxygen atoms in total. The number of carbonyl (C=O) groups excluding carboxylic acids is 1. The fourth-order valence-corrected chi connectivity index (χ4v) is 1.87. The molecule has 0 heterocycles. The first-order valence-electron chi connectivity index (χ1n) is 5.60. The van der Waals surface area contributed by atoms with Crippen molar-refractivity contribution in [3.63, 3.8) is 0 Å². The topological polar surface area (TPSA) is 130 Å². The fourth-order valence-electron chi connectivity index (χ4n) is 1.30. The van der Waals surface area contributed by atoms with Gasteiger partial charge in [0.1, 0.15) is 0 Å². The molecule has 9 heteroatoms. The second-order valence-electron chi connectivity index (χ2n) is 4.51. The highest BCUT2D eigenvalue weighted by Crippen LogP contribution is 2.20. The number of nitrogens with zero attached hydrogens (tertiary/aromatic N) is 1. The Morgan fingerprint density at radius 2 is 2.00 bits per heavy atom. The SMILES string of the molecule is CC(C)COC(=O)c1cc([N+](=O)[O-])cc(S(N)(=O)=O)c1. The number of hydrogen-bond donors (Lipinski definition) is 1. The first-order valence-corrected chi connectivity index (χ1v) is 7.15.